The van der Waals surface area contributed by atoms with Crippen molar-refractivity contribution in [2.45, 2.75) is 50.2 Å². The Bertz CT molecular complexity index is 1350. The number of hydrogen-bond donors (Lipinski definition) is 0. The van der Waals surface area contributed by atoms with Gasteiger partial charge in [0.25, 0.3) is 0 Å². The minimum atomic E-state index is -0.774. The maximum Gasteiger partial charge on any atom is 0.343 e. The molecule has 8 heteroatoms. The fourth-order valence-corrected chi connectivity index (χ4v) is 8.21. The van der Waals surface area contributed by atoms with Gasteiger partial charge in [0.1, 0.15) is 17.0 Å². The number of benzene rings is 1. The van der Waals surface area contributed by atoms with Gasteiger partial charge < -0.3 is 23.5 Å². The maximum atomic E-state index is 12.3. The van der Waals surface area contributed by atoms with E-state index in [1.807, 2.05) is 30.3 Å². The number of aromatic nitrogens is 1. The van der Waals surface area contributed by atoms with Crippen molar-refractivity contribution in [3.05, 3.63) is 65.0 Å². The summed E-state index contributed by atoms with van der Waals surface area (Å²) in [4.78, 5) is 14.9. The highest BCUT2D eigenvalue weighted by atomic mass is 16.7. The molecule has 8 nitrogen and oxygen atoms in total. The molecule has 35 heavy (non-hydrogen) atoms. The van der Waals surface area contributed by atoms with Crippen molar-refractivity contribution in [2.75, 3.05) is 13.7 Å². The summed E-state index contributed by atoms with van der Waals surface area (Å²) in [7, 11) is 1.56. The number of nitrogens with zero attached hydrogens (tertiary/aromatic N) is 2. The van der Waals surface area contributed by atoms with E-state index in [9.17, 15) is 4.79 Å². The van der Waals surface area contributed by atoms with Gasteiger partial charge in [-0.2, -0.15) is 0 Å². The SMILES string of the molecule is COC1=C(C)C(=O)O/C1=C1\O[C@@]23O[C@H]4C[C@@H]([C@H]2[C@@H]1C)N1CC[C@H]3[C@@]41c1cc(-c2ccccc2)no1. The second kappa shape index (κ2) is 6.36. The molecule has 0 amide bonds. The van der Waals surface area contributed by atoms with E-state index in [0.717, 1.165) is 36.4 Å². The van der Waals surface area contributed by atoms with Gasteiger partial charge in [0.2, 0.25) is 11.5 Å². The minimum Gasteiger partial charge on any atom is -0.492 e. The molecule has 0 radical (unpaired) electrons. The van der Waals surface area contributed by atoms with Gasteiger partial charge in [0.15, 0.2) is 11.5 Å². The van der Waals surface area contributed by atoms with E-state index in [4.69, 9.17) is 23.5 Å². The smallest absolute Gasteiger partial charge is 0.343 e. The van der Waals surface area contributed by atoms with Crippen molar-refractivity contribution in [2.24, 2.45) is 17.8 Å². The fraction of sp³-hybridized carbons (Fsp3) is 0.481. The Morgan fingerprint density at radius 1 is 1.23 bits per heavy atom. The summed E-state index contributed by atoms with van der Waals surface area (Å²) in [6.07, 6.45) is 1.84. The zero-order valence-corrected chi connectivity index (χ0v) is 19.8. The number of carbonyl (C=O) groups excluding carboxylic acids is 1. The van der Waals surface area contributed by atoms with Crippen LogP contribution in [-0.4, -0.2) is 47.6 Å². The van der Waals surface area contributed by atoms with E-state index in [1.54, 1.807) is 14.0 Å². The van der Waals surface area contributed by atoms with Crippen LogP contribution in [0.3, 0.4) is 0 Å². The maximum absolute atomic E-state index is 12.3. The Balaban J connectivity index is 1.25. The van der Waals surface area contributed by atoms with Crippen LogP contribution < -0.4 is 0 Å². The van der Waals surface area contributed by atoms with Crippen LogP contribution in [0.15, 0.2) is 63.8 Å². The van der Waals surface area contributed by atoms with Crippen LogP contribution in [0.25, 0.3) is 11.3 Å². The van der Waals surface area contributed by atoms with Crippen molar-refractivity contribution in [3.8, 4) is 11.3 Å². The zero-order valence-electron chi connectivity index (χ0n) is 19.8. The molecule has 5 bridgehead atoms. The number of carbonyl (C=O) groups is 1. The molecular formula is C27H26N2O6. The van der Waals surface area contributed by atoms with Crippen molar-refractivity contribution in [1.29, 1.82) is 0 Å². The molecule has 6 aliphatic rings. The van der Waals surface area contributed by atoms with E-state index in [2.05, 4.69) is 23.0 Å². The van der Waals surface area contributed by atoms with Gasteiger partial charge in [-0.15, -0.1) is 0 Å². The Morgan fingerprint density at radius 3 is 2.86 bits per heavy atom. The average Bonchev–Trinajstić information content (AvgIpc) is 3.66. The third kappa shape index (κ3) is 2.10. The number of ether oxygens (including phenoxy) is 4. The summed E-state index contributed by atoms with van der Waals surface area (Å²) < 4.78 is 31.0. The third-order valence-corrected chi connectivity index (χ3v) is 9.38. The van der Waals surface area contributed by atoms with Gasteiger partial charge in [-0.25, -0.2) is 4.79 Å². The van der Waals surface area contributed by atoms with Crippen LogP contribution in [0.2, 0.25) is 0 Å². The Hall–Kier alpha value is -3.10. The van der Waals surface area contributed by atoms with E-state index in [0.29, 0.717) is 28.9 Å². The summed E-state index contributed by atoms with van der Waals surface area (Å²) in [5.41, 5.74) is 1.95. The lowest BCUT2D eigenvalue weighted by Crippen LogP contribution is -2.59. The topological polar surface area (TPSA) is 83.3 Å². The quantitative estimate of drug-likeness (QED) is 0.623. The van der Waals surface area contributed by atoms with Gasteiger partial charge in [-0.1, -0.05) is 42.4 Å². The van der Waals surface area contributed by atoms with Crippen molar-refractivity contribution in [3.63, 3.8) is 0 Å². The average molecular weight is 475 g/mol. The van der Waals surface area contributed by atoms with Crippen LogP contribution in [0, 0.1) is 17.8 Å². The second-order valence-corrected chi connectivity index (χ2v) is 10.6. The fourth-order valence-electron chi connectivity index (χ4n) is 8.21. The number of hydrogen-bond acceptors (Lipinski definition) is 8. The van der Waals surface area contributed by atoms with Crippen LogP contribution in [0.1, 0.15) is 32.4 Å². The number of esters is 1. The lowest BCUT2D eigenvalue weighted by Gasteiger charge is -2.47. The minimum absolute atomic E-state index is 0.0219. The molecule has 0 saturated carbocycles. The van der Waals surface area contributed by atoms with E-state index < -0.39 is 5.79 Å². The number of rotatable bonds is 3. The van der Waals surface area contributed by atoms with E-state index >= 15 is 0 Å². The number of piperidine rings is 1. The molecule has 0 N–H and O–H groups in total. The lowest BCUT2D eigenvalue weighted by molar-refractivity contribution is -0.256. The highest BCUT2D eigenvalue weighted by molar-refractivity contribution is 5.93. The number of methoxy groups -OCH3 is 1. The largest absolute Gasteiger partial charge is 0.492 e. The molecule has 8 atom stereocenters. The summed E-state index contributed by atoms with van der Waals surface area (Å²) in [6.45, 7) is 4.85. The van der Waals surface area contributed by atoms with E-state index in [1.165, 1.54) is 0 Å². The number of cyclic esters (lactones) is 1. The third-order valence-electron chi connectivity index (χ3n) is 9.38. The molecule has 2 aromatic rings. The first-order valence-electron chi connectivity index (χ1n) is 12.4. The zero-order chi connectivity index (χ0) is 23.7. The molecule has 180 valence electrons. The summed E-state index contributed by atoms with van der Waals surface area (Å²) in [5.74, 6) is 1.47. The van der Waals surface area contributed by atoms with Crippen LogP contribution >= 0.6 is 0 Å². The van der Waals surface area contributed by atoms with Gasteiger partial charge in [-0.3, -0.25) is 4.90 Å². The first-order valence-corrected chi connectivity index (χ1v) is 12.4. The number of fused-ring (bicyclic) bond motifs is 1. The monoisotopic (exact) mass is 474 g/mol. The summed E-state index contributed by atoms with van der Waals surface area (Å²) in [6, 6.07) is 12.5. The Labute approximate surface area is 202 Å². The van der Waals surface area contributed by atoms with Crippen molar-refractivity contribution in [1.82, 2.24) is 10.1 Å². The lowest BCUT2D eigenvalue weighted by atomic mass is 9.70. The second-order valence-electron chi connectivity index (χ2n) is 10.6. The van der Waals surface area contributed by atoms with Gasteiger partial charge in [0.05, 0.1) is 30.6 Å². The molecule has 1 aromatic carbocycles. The molecule has 1 spiro atoms. The molecule has 0 aliphatic carbocycles. The Morgan fingerprint density at radius 2 is 2.06 bits per heavy atom. The predicted octanol–water partition coefficient (Wildman–Crippen LogP) is 3.71. The van der Waals surface area contributed by atoms with Gasteiger partial charge in [0, 0.05) is 30.1 Å². The normalized spacial score (nSPS) is 44.3. The summed E-state index contributed by atoms with van der Waals surface area (Å²) >= 11 is 0. The predicted molar refractivity (Wildman–Crippen MR) is 121 cm³/mol. The first-order chi connectivity index (χ1) is 17.0. The highest BCUT2D eigenvalue weighted by Gasteiger charge is 2.86. The Kier molecular flexibility index (Phi) is 3.66. The molecular weight excluding hydrogens is 448 g/mol. The van der Waals surface area contributed by atoms with E-state index in [-0.39, 0.29) is 35.4 Å². The molecule has 8 rings (SSSR count). The van der Waals surface area contributed by atoms with Crippen molar-refractivity contribution < 1.29 is 28.3 Å². The van der Waals surface area contributed by atoms with Crippen LogP contribution in [0.5, 0.6) is 0 Å². The van der Waals surface area contributed by atoms with Crippen LogP contribution in [0.4, 0.5) is 0 Å². The first kappa shape index (κ1) is 20.1. The van der Waals surface area contributed by atoms with Gasteiger partial charge in [-0.05, 0) is 19.8 Å². The molecule has 1 aromatic heterocycles. The molecule has 6 aliphatic heterocycles. The van der Waals surface area contributed by atoms with Gasteiger partial charge >= 0.3 is 5.97 Å². The highest BCUT2D eigenvalue weighted by Crippen LogP contribution is 2.75. The van der Waals surface area contributed by atoms with Crippen LogP contribution in [-0.2, 0) is 29.3 Å². The standard InChI is InChI=1S/C27H26N2O6/c1-13-21-17-12-19-26(20-11-16(28-35-20)15-7-5-4-6-8-15)18(9-10-29(17)26)27(21,33-19)34-23(13)24-22(31-3)14(2)25(30)32-24/h4-8,11,13,17-19,21H,9-10,12H2,1-3H3/b24-23-/t13-,17-,18-,19-,21+,26-,27+/m0/s1. The van der Waals surface area contributed by atoms with Crippen molar-refractivity contribution >= 4 is 5.97 Å². The molecule has 5 saturated heterocycles. The molecule has 1 unspecified atom stereocenters. The summed E-state index contributed by atoms with van der Waals surface area (Å²) in [5, 5.41) is 4.45. The number of allylic oxidation sites excluding steroid dienone is 1. The molecule has 7 heterocycles. The molecule has 5 fully saturated rings.